The van der Waals surface area contributed by atoms with E-state index in [9.17, 15) is 4.79 Å². The number of para-hydroxylation sites is 2. The van der Waals surface area contributed by atoms with Gasteiger partial charge in [0.15, 0.2) is 5.16 Å². The van der Waals surface area contributed by atoms with Gasteiger partial charge in [-0.25, -0.2) is 4.98 Å². The molecule has 0 unspecified atom stereocenters. The van der Waals surface area contributed by atoms with Gasteiger partial charge in [0.1, 0.15) is 5.75 Å². The second-order valence-electron chi connectivity index (χ2n) is 6.23. The number of thioether (sulfide) groups is 1. The zero-order valence-corrected chi connectivity index (χ0v) is 15.3. The molecule has 2 aromatic carbocycles. The molecule has 0 aliphatic carbocycles. The van der Waals surface area contributed by atoms with Crippen molar-refractivity contribution in [1.29, 1.82) is 0 Å². The third kappa shape index (κ3) is 4.42. The first-order chi connectivity index (χ1) is 12.1. The second kappa shape index (κ2) is 8.21. The zero-order chi connectivity index (χ0) is 17.6. The van der Waals surface area contributed by atoms with Crippen molar-refractivity contribution in [1.82, 2.24) is 9.55 Å². The highest BCUT2D eigenvalue weighted by atomic mass is 32.2. The lowest BCUT2D eigenvalue weighted by Crippen LogP contribution is -2.25. The van der Waals surface area contributed by atoms with Gasteiger partial charge in [-0.3, -0.25) is 9.36 Å². The summed E-state index contributed by atoms with van der Waals surface area (Å²) in [6, 6.07) is 17.3. The molecule has 0 saturated heterocycles. The summed E-state index contributed by atoms with van der Waals surface area (Å²) >= 11 is 1.56. The Labute approximate surface area is 151 Å². The maximum Gasteiger partial charge on any atom is 0.262 e. The standard InChI is InChI=1S/C20H22N2O2S/c1-15(2)14-22-19(23)17-10-6-7-11-18(17)21-20(22)25-13-12-24-16-8-4-3-5-9-16/h3-11,15H,12-14H2,1-2H3. The van der Waals surface area contributed by atoms with Crippen molar-refractivity contribution in [3.8, 4) is 5.75 Å². The van der Waals surface area contributed by atoms with Crippen LogP contribution in [0, 0.1) is 5.92 Å². The largest absolute Gasteiger partial charge is 0.493 e. The average Bonchev–Trinajstić information content (AvgIpc) is 2.62. The van der Waals surface area contributed by atoms with Gasteiger partial charge in [0.25, 0.3) is 5.56 Å². The van der Waals surface area contributed by atoms with E-state index in [1.165, 1.54) is 0 Å². The van der Waals surface area contributed by atoms with Gasteiger partial charge >= 0.3 is 0 Å². The minimum atomic E-state index is 0.0331. The van der Waals surface area contributed by atoms with E-state index in [-0.39, 0.29) is 5.56 Å². The highest BCUT2D eigenvalue weighted by Crippen LogP contribution is 2.19. The van der Waals surface area contributed by atoms with Crippen LogP contribution in [0.25, 0.3) is 10.9 Å². The zero-order valence-electron chi connectivity index (χ0n) is 14.5. The molecule has 0 amide bonds. The fraction of sp³-hybridized carbons (Fsp3) is 0.300. The third-order valence-electron chi connectivity index (χ3n) is 3.70. The molecule has 25 heavy (non-hydrogen) atoms. The van der Waals surface area contributed by atoms with Gasteiger partial charge < -0.3 is 4.74 Å². The number of ether oxygens (including phenoxy) is 1. The molecule has 0 bridgehead atoms. The van der Waals surface area contributed by atoms with Crippen molar-refractivity contribution >= 4 is 22.7 Å². The Morgan fingerprint density at radius 2 is 1.80 bits per heavy atom. The van der Waals surface area contributed by atoms with Crippen LogP contribution in [-0.4, -0.2) is 21.9 Å². The molecular weight excluding hydrogens is 332 g/mol. The smallest absolute Gasteiger partial charge is 0.262 e. The van der Waals surface area contributed by atoms with Gasteiger partial charge in [-0.15, -0.1) is 0 Å². The monoisotopic (exact) mass is 354 g/mol. The van der Waals surface area contributed by atoms with Crippen LogP contribution in [0.3, 0.4) is 0 Å². The molecule has 130 valence electrons. The summed E-state index contributed by atoms with van der Waals surface area (Å²) in [5, 5.41) is 1.43. The Hall–Kier alpha value is -2.27. The molecule has 4 nitrogen and oxygen atoms in total. The maximum atomic E-state index is 12.8. The molecule has 3 rings (SSSR count). The number of nitrogens with zero attached hydrogens (tertiary/aromatic N) is 2. The molecule has 0 N–H and O–H groups in total. The quantitative estimate of drug-likeness (QED) is 0.362. The van der Waals surface area contributed by atoms with Crippen LogP contribution >= 0.6 is 11.8 Å². The number of benzene rings is 2. The van der Waals surface area contributed by atoms with Gasteiger partial charge in [-0.05, 0) is 30.2 Å². The Morgan fingerprint density at radius 3 is 2.56 bits per heavy atom. The predicted octanol–water partition coefficient (Wildman–Crippen LogP) is 4.22. The molecule has 1 aromatic heterocycles. The lowest BCUT2D eigenvalue weighted by molar-refractivity contribution is 0.343. The topological polar surface area (TPSA) is 44.1 Å². The lowest BCUT2D eigenvalue weighted by atomic mass is 10.2. The first-order valence-corrected chi connectivity index (χ1v) is 9.44. The molecule has 0 aliphatic rings. The van der Waals surface area contributed by atoms with Crippen molar-refractivity contribution < 1.29 is 4.74 Å². The molecule has 0 atom stereocenters. The van der Waals surface area contributed by atoms with Crippen molar-refractivity contribution in [3.05, 3.63) is 65.0 Å². The Bertz CT molecular complexity index is 891. The van der Waals surface area contributed by atoms with E-state index in [0.717, 1.165) is 22.2 Å². The molecular formula is C20H22N2O2S. The van der Waals surface area contributed by atoms with Crippen LogP contribution in [-0.2, 0) is 6.54 Å². The van der Waals surface area contributed by atoms with Gasteiger partial charge in [0.05, 0.1) is 17.5 Å². The first kappa shape index (κ1) is 17.5. The molecule has 0 fully saturated rings. The van der Waals surface area contributed by atoms with Crippen LogP contribution in [0.5, 0.6) is 5.75 Å². The number of hydrogen-bond acceptors (Lipinski definition) is 4. The summed E-state index contributed by atoms with van der Waals surface area (Å²) in [6.07, 6.45) is 0. The van der Waals surface area contributed by atoms with Gasteiger partial charge in [0.2, 0.25) is 0 Å². The van der Waals surface area contributed by atoms with Crippen LogP contribution in [0.15, 0.2) is 64.5 Å². The molecule has 1 heterocycles. The highest BCUT2D eigenvalue weighted by molar-refractivity contribution is 7.99. The first-order valence-electron chi connectivity index (χ1n) is 8.45. The normalized spacial score (nSPS) is 11.2. The number of fused-ring (bicyclic) bond motifs is 1. The van der Waals surface area contributed by atoms with E-state index in [0.29, 0.717) is 24.5 Å². The maximum absolute atomic E-state index is 12.8. The highest BCUT2D eigenvalue weighted by Gasteiger charge is 2.12. The molecule has 0 spiro atoms. The fourth-order valence-electron chi connectivity index (χ4n) is 2.59. The van der Waals surface area contributed by atoms with E-state index in [4.69, 9.17) is 9.72 Å². The molecule has 0 radical (unpaired) electrons. The van der Waals surface area contributed by atoms with E-state index in [1.807, 2.05) is 54.6 Å². The van der Waals surface area contributed by atoms with Gasteiger partial charge in [-0.2, -0.15) is 0 Å². The average molecular weight is 354 g/mol. The molecule has 0 saturated carbocycles. The van der Waals surface area contributed by atoms with Crippen LogP contribution in [0.1, 0.15) is 13.8 Å². The summed E-state index contributed by atoms with van der Waals surface area (Å²) in [5.41, 5.74) is 0.782. The summed E-state index contributed by atoms with van der Waals surface area (Å²) in [6.45, 7) is 5.45. The van der Waals surface area contributed by atoms with Gasteiger partial charge in [0, 0.05) is 12.3 Å². The molecule has 0 aliphatic heterocycles. The van der Waals surface area contributed by atoms with Gasteiger partial charge in [-0.1, -0.05) is 55.9 Å². The van der Waals surface area contributed by atoms with E-state index in [2.05, 4.69) is 13.8 Å². The van der Waals surface area contributed by atoms with Crippen LogP contribution < -0.4 is 10.3 Å². The molecule has 3 aromatic rings. The van der Waals surface area contributed by atoms with Crippen LogP contribution in [0.4, 0.5) is 0 Å². The lowest BCUT2D eigenvalue weighted by Gasteiger charge is -2.15. The number of aromatic nitrogens is 2. The number of rotatable bonds is 7. The van der Waals surface area contributed by atoms with Crippen molar-refractivity contribution in [3.63, 3.8) is 0 Å². The van der Waals surface area contributed by atoms with E-state index < -0.39 is 0 Å². The van der Waals surface area contributed by atoms with Crippen molar-refractivity contribution in [2.24, 2.45) is 5.92 Å². The Balaban J connectivity index is 1.78. The van der Waals surface area contributed by atoms with Crippen LogP contribution in [0.2, 0.25) is 0 Å². The minimum absolute atomic E-state index is 0.0331. The summed E-state index contributed by atoms with van der Waals surface area (Å²) in [5.74, 6) is 1.97. The second-order valence-corrected chi connectivity index (χ2v) is 7.29. The third-order valence-corrected chi connectivity index (χ3v) is 4.64. The fourth-order valence-corrected chi connectivity index (χ4v) is 3.42. The van der Waals surface area contributed by atoms with Crippen molar-refractivity contribution in [2.75, 3.05) is 12.4 Å². The predicted molar refractivity (Wildman–Crippen MR) is 104 cm³/mol. The SMILES string of the molecule is CC(C)Cn1c(SCCOc2ccccc2)nc2ccccc2c1=O. The Morgan fingerprint density at radius 1 is 1.08 bits per heavy atom. The van der Waals surface area contributed by atoms with Crippen molar-refractivity contribution in [2.45, 2.75) is 25.5 Å². The van der Waals surface area contributed by atoms with E-state index in [1.54, 1.807) is 16.3 Å². The summed E-state index contributed by atoms with van der Waals surface area (Å²) in [7, 11) is 0. The minimum Gasteiger partial charge on any atom is -0.493 e. The molecule has 5 heteroatoms. The summed E-state index contributed by atoms with van der Waals surface area (Å²) < 4.78 is 7.52. The summed E-state index contributed by atoms with van der Waals surface area (Å²) in [4.78, 5) is 17.5. The Kier molecular flexibility index (Phi) is 5.76. The van der Waals surface area contributed by atoms with E-state index >= 15 is 0 Å². The number of hydrogen-bond donors (Lipinski definition) is 0.